The molecule has 1 amide bonds. The van der Waals surface area contributed by atoms with Crippen LogP contribution in [0.3, 0.4) is 0 Å². The third-order valence-corrected chi connectivity index (χ3v) is 3.73. The fourth-order valence-electron chi connectivity index (χ4n) is 2.70. The Kier molecular flexibility index (Phi) is 3.46. The van der Waals surface area contributed by atoms with Gasteiger partial charge >= 0.3 is 0 Å². The monoisotopic (exact) mass is 270 g/mol. The van der Waals surface area contributed by atoms with Gasteiger partial charge < -0.3 is 14.2 Å². The molecule has 1 unspecified atom stereocenters. The van der Waals surface area contributed by atoms with E-state index in [9.17, 15) is 4.79 Å². The molecule has 2 heterocycles. The van der Waals surface area contributed by atoms with Gasteiger partial charge in [-0.25, -0.2) is 0 Å². The molecule has 104 valence electrons. The van der Waals surface area contributed by atoms with Crippen LogP contribution in [-0.2, 0) is 0 Å². The summed E-state index contributed by atoms with van der Waals surface area (Å²) in [6.45, 7) is 4.43. The Morgan fingerprint density at radius 3 is 2.60 bits per heavy atom. The summed E-state index contributed by atoms with van der Waals surface area (Å²) in [7, 11) is 0. The van der Waals surface area contributed by atoms with E-state index in [1.165, 1.54) is 12.0 Å². The fourth-order valence-corrected chi connectivity index (χ4v) is 2.70. The van der Waals surface area contributed by atoms with Crippen LogP contribution in [0.4, 0.5) is 5.69 Å². The largest absolute Gasteiger partial charge is 0.459 e. The summed E-state index contributed by atoms with van der Waals surface area (Å²) in [6, 6.07) is 14.1. The van der Waals surface area contributed by atoms with Gasteiger partial charge in [0.1, 0.15) is 0 Å². The Hall–Kier alpha value is -2.23. The highest BCUT2D eigenvalue weighted by Gasteiger charge is 2.28. The number of rotatable bonds is 2. The molecule has 1 aliphatic rings. The molecular weight excluding hydrogens is 252 g/mol. The van der Waals surface area contributed by atoms with E-state index in [0.717, 1.165) is 13.1 Å². The zero-order valence-corrected chi connectivity index (χ0v) is 11.5. The second kappa shape index (κ2) is 5.41. The van der Waals surface area contributed by atoms with Crippen LogP contribution in [0.5, 0.6) is 0 Å². The molecule has 20 heavy (non-hydrogen) atoms. The molecule has 0 spiro atoms. The van der Waals surface area contributed by atoms with Crippen molar-refractivity contribution in [3.05, 3.63) is 54.5 Å². The number of furan rings is 1. The van der Waals surface area contributed by atoms with Crippen LogP contribution >= 0.6 is 0 Å². The minimum Gasteiger partial charge on any atom is -0.459 e. The molecular formula is C16H18N2O2. The predicted molar refractivity (Wildman–Crippen MR) is 77.9 cm³/mol. The van der Waals surface area contributed by atoms with Crippen molar-refractivity contribution in [3.8, 4) is 0 Å². The van der Waals surface area contributed by atoms with E-state index < -0.39 is 0 Å². The lowest BCUT2D eigenvalue weighted by molar-refractivity contribution is 0.0694. The van der Waals surface area contributed by atoms with E-state index in [2.05, 4.69) is 24.0 Å². The van der Waals surface area contributed by atoms with Crippen LogP contribution in [0.1, 0.15) is 17.5 Å². The smallest absolute Gasteiger partial charge is 0.289 e. The van der Waals surface area contributed by atoms with Gasteiger partial charge in [0.25, 0.3) is 5.91 Å². The van der Waals surface area contributed by atoms with Gasteiger partial charge in [-0.05, 0) is 31.2 Å². The van der Waals surface area contributed by atoms with Crippen molar-refractivity contribution in [1.29, 1.82) is 0 Å². The Morgan fingerprint density at radius 2 is 1.95 bits per heavy atom. The lowest BCUT2D eigenvalue weighted by Crippen LogP contribution is -2.53. The van der Waals surface area contributed by atoms with Gasteiger partial charge in [-0.1, -0.05) is 18.2 Å². The summed E-state index contributed by atoms with van der Waals surface area (Å²) in [5.41, 5.74) is 1.21. The first-order valence-electron chi connectivity index (χ1n) is 6.90. The zero-order chi connectivity index (χ0) is 13.9. The van der Waals surface area contributed by atoms with E-state index in [1.54, 1.807) is 12.1 Å². The molecule has 1 aromatic carbocycles. The highest BCUT2D eigenvalue weighted by Crippen LogP contribution is 2.21. The number of carbonyl (C=O) groups is 1. The Bertz CT molecular complexity index is 565. The molecule has 4 heteroatoms. The lowest BCUT2D eigenvalue weighted by Gasteiger charge is -2.41. The van der Waals surface area contributed by atoms with E-state index in [1.807, 2.05) is 23.1 Å². The number of hydrogen-bond acceptors (Lipinski definition) is 3. The first-order valence-corrected chi connectivity index (χ1v) is 6.90. The third-order valence-electron chi connectivity index (χ3n) is 3.73. The van der Waals surface area contributed by atoms with Crippen LogP contribution in [0.15, 0.2) is 53.1 Å². The van der Waals surface area contributed by atoms with Crippen molar-refractivity contribution < 1.29 is 9.21 Å². The molecule has 4 nitrogen and oxygen atoms in total. The molecule has 1 aromatic heterocycles. The van der Waals surface area contributed by atoms with E-state index in [0.29, 0.717) is 18.3 Å². The number of benzene rings is 1. The average molecular weight is 270 g/mol. The number of hydrogen-bond donors (Lipinski definition) is 0. The summed E-state index contributed by atoms with van der Waals surface area (Å²) in [4.78, 5) is 16.5. The number of piperazine rings is 1. The maximum absolute atomic E-state index is 12.3. The topological polar surface area (TPSA) is 36.7 Å². The molecule has 1 saturated heterocycles. The molecule has 1 aliphatic heterocycles. The first-order chi connectivity index (χ1) is 9.75. The predicted octanol–water partition coefficient (Wildman–Crippen LogP) is 2.63. The van der Waals surface area contributed by atoms with Crippen molar-refractivity contribution in [2.45, 2.75) is 13.0 Å². The maximum Gasteiger partial charge on any atom is 0.289 e. The summed E-state index contributed by atoms with van der Waals surface area (Å²) in [6.07, 6.45) is 1.54. The van der Waals surface area contributed by atoms with Crippen molar-refractivity contribution >= 4 is 11.6 Å². The summed E-state index contributed by atoms with van der Waals surface area (Å²) in [5, 5.41) is 0. The minimum atomic E-state index is -0.0189. The quantitative estimate of drug-likeness (QED) is 0.841. The number of carbonyl (C=O) groups excluding carboxylic acids is 1. The molecule has 3 rings (SSSR count). The van der Waals surface area contributed by atoms with E-state index >= 15 is 0 Å². The lowest BCUT2D eigenvalue weighted by atomic mass is 10.1. The minimum absolute atomic E-state index is 0.0189. The van der Waals surface area contributed by atoms with Crippen LogP contribution < -0.4 is 4.90 Å². The van der Waals surface area contributed by atoms with Gasteiger partial charge in [0.05, 0.1) is 6.26 Å². The zero-order valence-electron chi connectivity index (χ0n) is 11.5. The normalized spacial score (nSPS) is 19.1. The molecule has 2 aromatic rings. The van der Waals surface area contributed by atoms with Crippen LogP contribution in [-0.4, -0.2) is 36.5 Å². The summed E-state index contributed by atoms with van der Waals surface area (Å²) < 4.78 is 5.19. The Labute approximate surface area is 118 Å². The van der Waals surface area contributed by atoms with Crippen LogP contribution in [0.25, 0.3) is 0 Å². The summed E-state index contributed by atoms with van der Waals surface area (Å²) >= 11 is 0. The molecule has 1 atom stereocenters. The van der Waals surface area contributed by atoms with Gasteiger partial charge in [0, 0.05) is 31.4 Å². The second-order valence-electron chi connectivity index (χ2n) is 5.11. The Morgan fingerprint density at radius 1 is 1.15 bits per heavy atom. The average Bonchev–Trinajstić information content (AvgIpc) is 3.01. The van der Waals surface area contributed by atoms with E-state index in [-0.39, 0.29) is 5.91 Å². The van der Waals surface area contributed by atoms with Crippen molar-refractivity contribution in [1.82, 2.24) is 4.90 Å². The number of anilines is 1. The van der Waals surface area contributed by atoms with Crippen LogP contribution in [0.2, 0.25) is 0 Å². The molecule has 0 bridgehead atoms. The van der Waals surface area contributed by atoms with E-state index in [4.69, 9.17) is 4.42 Å². The van der Waals surface area contributed by atoms with Crippen molar-refractivity contribution in [3.63, 3.8) is 0 Å². The highest BCUT2D eigenvalue weighted by molar-refractivity contribution is 5.91. The molecule has 0 N–H and O–H groups in total. The second-order valence-corrected chi connectivity index (χ2v) is 5.11. The maximum atomic E-state index is 12.3. The van der Waals surface area contributed by atoms with Gasteiger partial charge in [-0.3, -0.25) is 4.79 Å². The fraction of sp³-hybridized carbons (Fsp3) is 0.312. The first kappa shape index (κ1) is 12.8. The van der Waals surface area contributed by atoms with Gasteiger partial charge in [-0.15, -0.1) is 0 Å². The van der Waals surface area contributed by atoms with Crippen LogP contribution in [0, 0.1) is 0 Å². The molecule has 0 radical (unpaired) electrons. The van der Waals surface area contributed by atoms with Gasteiger partial charge in [0.2, 0.25) is 0 Å². The Balaban J connectivity index is 1.70. The number of para-hydroxylation sites is 1. The third kappa shape index (κ3) is 2.41. The standard InChI is InChI=1S/C16H18N2O2/c1-13-12-17(16(19)15-8-5-11-20-15)9-10-18(13)14-6-3-2-4-7-14/h2-8,11,13H,9-10,12H2,1H3. The highest BCUT2D eigenvalue weighted by atomic mass is 16.3. The number of amides is 1. The summed E-state index contributed by atoms with van der Waals surface area (Å²) in [5.74, 6) is 0.403. The molecule has 0 aliphatic carbocycles. The molecule has 1 fully saturated rings. The SMILES string of the molecule is CC1CN(C(=O)c2ccco2)CCN1c1ccccc1. The number of nitrogens with zero attached hydrogens (tertiary/aromatic N) is 2. The molecule has 0 saturated carbocycles. The van der Waals surface area contributed by atoms with Crippen molar-refractivity contribution in [2.75, 3.05) is 24.5 Å². The van der Waals surface area contributed by atoms with Gasteiger partial charge in [-0.2, -0.15) is 0 Å². The van der Waals surface area contributed by atoms with Crippen molar-refractivity contribution in [2.24, 2.45) is 0 Å². The van der Waals surface area contributed by atoms with Gasteiger partial charge in [0.15, 0.2) is 5.76 Å².